The van der Waals surface area contributed by atoms with E-state index < -0.39 is 0 Å². The number of hydrogen-bond acceptors (Lipinski definition) is 9. The summed E-state index contributed by atoms with van der Waals surface area (Å²) >= 11 is 0. The van der Waals surface area contributed by atoms with Crippen molar-refractivity contribution in [3.63, 3.8) is 0 Å². The highest BCUT2D eigenvalue weighted by Crippen LogP contribution is 2.34. The standard InChI is InChI=1S/2C15H16O2.3C6H6O.2C3H6O.7C2H6.3CH4/c2*1-15(2,11-3-7-13(16)8-4-11)12-5-9-14(17)10-6-12;3*7-6-4-2-1-3-5-6;2*1-3(2)4;7*1-2;;;/h2*3-10,16-17H,1-2H3;3*1-5,7H;2*1-2H3;7*1-2H3;3*1H4. The van der Waals surface area contributed by atoms with Gasteiger partial charge in [-0.15, -0.1) is 0 Å². The van der Waals surface area contributed by atoms with E-state index in [0.717, 1.165) is 22.3 Å². The Hall–Kier alpha value is -7.52. The maximum absolute atomic E-state index is 9.44. The number of carbonyl (C=O) groups excluding carboxylic acids is 2. The van der Waals surface area contributed by atoms with Gasteiger partial charge in [-0.2, -0.15) is 0 Å². The van der Waals surface area contributed by atoms with Crippen molar-refractivity contribution in [2.45, 2.75) is 185 Å². The molecule has 0 aliphatic heterocycles. The van der Waals surface area contributed by atoms with Crippen molar-refractivity contribution in [3.8, 4) is 40.2 Å². The largest absolute Gasteiger partial charge is 0.508 e. The summed E-state index contributed by atoms with van der Waals surface area (Å²) < 4.78 is 0. The summed E-state index contributed by atoms with van der Waals surface area (Å²) in [4.78, 5) is 18.9. The predicted octanol–water partition coefficient (Wildman–Crippen LogP) is 21.3. The van der Waals surface area contributed by atoms with Crippen molar-refractivity contribution in [3.05, 3.63) is 210 Å². The van der Waals surface area contributed by atoms with E-state index in [-0.39, 0.29) is 67.7 Å². The Morgan fingerprint density at radius 2 is 0.338 bits per heavy atom. The summed E-state index contributed by atoms with van der Waals surface area (Å²) in [6.45, 7) is 42.6. The number of hydrogen-bond donors (Lipinski definition) is 7. The van der Waals surface area contributed by atoms with Gasteiger partial charge >= 0.3 is 0 Å². The van der Waals surface area contributed by atoms with E-state index in [9.17, 15) is 30.0 Å². The molecule has 9 nitrogen and oxygen atoms in total. The second-order valence-corrected chi connectivity index (χ2v) is 15.3. The van der Waals surface area contributed by atoms with Crippen LogP contribution in [-0.4, -0.2) is 47.3 Å². The molecule has 0 amide bonds. The van der Waals surface area contributed by atoms with E-state index >= 15 is 0 Å². The molecule has 7 rings (SSSR count). The second kappa shape index (κ2) is 64.0. The van der Waals surface area contributed by atoms with Gasteiger partial charge in [0.15, 0.2) is 0 Å². The second-order valence-electron chi connectivity index (χ2n) is 15.3. The molecule has 7 aromatic carbocycles. The third kappa shape index (κ3) is 52.5. The summed E-state index contributed by atoms with van der Waals surface area (Å²) in [5.74, 6) is 2.39. The van der Waals surface area contributed by atoms with Gasteiger partial charge in [-0.25, -0.2) is 0 Å². The first kappa shape index (κ1) is 94.9. The maximum atomic E-state index is 9.44. The molecule has 0 unspecified atom stereocenters. The monoisotopic (exact) mass is 1110 g/mol. The number of carbonyl (C=O) groups is 2. The maximum Gasteiger partial charge on any atom is 0.126 e. The molecule has 9 heteroatoms. The molecular formula is C71H116O9. The fourth-order valence-corrected chi connectivity index (χ4v) is 5.13. The highest BCUT2D eigenvalue weighted by Gasteiger charge is 2.23. The quantitative estimate of drug-likeness (QED) is 0.0904. The first-order valence-corrected chi connectivity index (χ1v) is 27.0. The molecule has 0 saturated carbocycles. The van der Waals surface area contributed by atoms with Gasteiger partial charge in [0.05, 0.1) is 0 Å². The van der Waals surface area contributed by atoms with Gasteiger partial charge in [0.2, 0.25) is 0 Å². The number of aromatic hydroxyl groups is 7. The lowest BCUT2D eigenvalue weighted by Crippen LogP contribution is -2.18. The highest BCUT2D eigenvalue weighted by atomic mass is 16.3. The Balaban J connectivity index is -0.0000000899. The Morgan fingerprint density at radius 1 is 0.237 bits per heavy atom. The third-order valence-corrected chi connectivity index (χ3v) is 8.62. The predicted molar refractivity (Wildman–Crippen MR) is 353 cm³/mol. The van der Waals surface area contributed by atoms with Crippen molar-refractivity contribution in [1.29, 1.82) is 0 Å². The zero-order valence-electron chi connectivity index (χ0n) is 51.3. The van der Waals surface area contributed by atoms with Crippen molar-refractivity contribution in [1.82, 2.24) is 0 Å². The van der Waals surface area contributed by atoms with Crippen LogP contribution in [0.15, 0.2) is 188 Å². The molecule has 0 fully saturated rings. The van der Waals surface area contributed by atoms with Crippen LogP contribution < -0.4 is 0 Å². The fraction of sp³-hybridized carbons (Fsp3) is 0.380. The smallest absolute Gasteiger partial charge is 0.126 e. The van der Waals surface area contributed by atoms with E-state index in [2.05, 4.69) is 27.7 Å². The first-order chi connectivity index (χ1) is 36.6. The number of phenolic OH excluding ortho intramolecular Hbond substituents is 7. The molecule has 0 bridgehead atoms. The van der Waals surface area contributed by atoms with Crippen LogP contribution in [0.3, 0.4) is 0 Å². The van der Waals surface area contributed by atoms with E-state index in [0.29, 0.717) is 17.2 Å². The van der Waals surface area contributed by atoms with Gasteiger partial charge in [-0.3, -0.25) is 0 Å². The van der Waals surface area contributed by atoms with Crippen LogP contribution in [0.4, 0.5) is 0 Å². The summed E-state index contributed by atoms with van der Waals surface area (Å²) in [7, 11) is 0. The van der Waals surface area contributed by atoms with Gasteiger partial charge in [0, 0.05) is 10.8 Å². The summed E-state index contributed by atoms with van der Waals surface area (Å²) in [5.41, 5.74) is 4.20. The molecule has 0 aromatic heterocycles. The molecule has 0 radical (unpaired) electrons. The molecule has 0 aliphatic rings. The Bertz CT molecular complexity index is 1970. The van der Waals surface area contributed by atoms with Crippen LogP contribution >= 0.6 is 0 Å². The average Bonchev–Trinajstić information content (AvgIpc) is 3.44. The van der Waals surface area contributed by atoms with Crippen LogP contribution in [0.25, 0.3) is 0 Å². The summed E-state index contributed by atoms with van der Waals surface area (Å²) in [6, 6.07) is 55.0. The molecule has 0 saturated heterocycles. The lowest BCUT2D eigenvalue weighted by Gasteiger charge is -2.26. The number of ketones is 2. The van der Waals surface area contributed by atoms with Crippen molar-refractivity contribution in [2.24, 2.45) is 0 Å². The van der Waals surface area contributed by atoms with E-state index in [1.54, 1.807) is 121 Å². The first-order valence-electron chi connectivity index (χ1n) is 27.0. The van der Waals surface area contributed by atoms with Gasteiger partial charge in [-0.1, -0.05) is 250 Å². The Kier molecular flexibility index (Phi) is 75.9. The van der Waals surface area contributed by atoms with Gasteiger partial charge < -0.3 is 45.3 Å². The van der Waals surface area contributed by atoms with Gasteiger partial charge in [0.1, 0.15) is 51.8 Å². The molecule has 0 aliphatic carbocycles. The Labute approximate surface area is 490 Å². The lowest BCUT2D eigenvalue weighted by atomic mass is 9.78. The van der Waals surface area contributed by atoms with Crippen LogP contribution in [0.1, 0.15) is 197 Å². The van der Waals surface area contributed by atoms with Crippen LogP contribution in [0, 0.1) is 0 Å². The number of para-hydroxylation sites is 3. The minimum Gasteiger partial charge on any atom is -0.508 e. The van der Waals surface area contributed by atoms with E-state index in [1.807, 2.05) is 164 Å². The molecular weight excluding hydrogens is 997 g/mol. The summed E-state index contributed by atoms with van der Waals surface area (Å²) in [5, 5.41) is 63.1. The molecule has 7 aromatic rings. The summed E-state index contributed by atoms with van der Waals surface area (Å²) in [6.07, 6.45) is 0. The fourth-order valence-electron chi connectivity index (χ4n) is 5.13. The normalized spacial score (nSPS) is 8.28. The molecule has 80 heavy (non-hydrogen) atoms. The molecule has 454 valence electrons. The number of rotatable bonds is 4. The zero-order chi connectivity index (χ0) is 61.4. The molecule has 0 spiro atoms. The van der Waals surface area contributed by atoms with Crippen LogP contribution in [-0.2, 0) is 20.4 Å². The lowest BCUT2D eigenvalue weighted by molar-refractivity contribution is -0.115. The topological polar surface area (TPSA) is 176 Å². The van der Waals surface area contributed by atoms with E-state index in [1.165, 1.54) is 27.7 Å². The Morgan fingerprint density at radius 3 is 0.425 bits per heavy atom. The average molecular weight is 1110 g/mol. The number of Topliss-reactive ketones (excluding diaryl/α,β-unsaturated/α-hetero) is 2. The number of benzene rings is 7. The van der Waals surface area contributed by atoms with E-state index in [4.69, 9.17) is 15.3 Å². The highest BCUT2D eigenvalue weighted by molar-refractivity contribution is 5.72. The van der Waals surface area contributed by atoms with Crippen molar-refractivity contribution in [2.75, 3.05) is 0 Å². The number of phenols is 7. The SMILES string of the molecule is C.C.C.CC.CC.CC.CC.CC.CC.CC.CC(C)(c1ccc(O)cc1)c1ccc(O)cc1.CC(C)(c1ccc(O)cc1)c1ccc(O)cc1.CC(C)=O.CC(C)=O.Oc1ccccc1.Oc1ccccc1.Oc1ccccc1. The molecule has 7 N–H and O–H groups in total. The van der Waals surface area contributed by atoms with Crippen LogP contribution in [0.2, 0.25) is 0 Å². The third-order valence-electron chi connectivity index (χ3n) is 8.62. The zero-order valence-corrected chi connectivity index (χ0v) is 51.3. The molecule has 0 atom stereocenters. The van der Waals surface area contributed by atoms with Crippen molar-refractivity contribution >= 4 is 11.6 Å². The molecule has 0 heterocycles. The van der Waals surface area contributed by atoms with Gasteiger partial charge in [0.25, 0.3) is 0 Å². The minimum atomic E-state index is -0.151. The van der Waals surface area contributed by atoms with Crippen LogP contribution in [0.5, 0.6) is 40.2 Å². The van der Waals surface area contributed by atoms with Crippen molar-refractivity contribution < 1.29 is 45.3 Å². The van der Waals surface area contributed by atoms with Gasteiger partial charge in [-0.05, 0) is 135 Å². The minimum absolute atomic E-state index is 0.